The molecule has 1 N–H and O–H groups in total. The van der Waals surface area contributed by atoms with Crippen LogP contribution in [0.2, 0.25) is 0 Å². The molecular formula is C14H17NO3. The molecule has 4 nitrogen and oxygen atoms in total. The topological polar surface area (TPSA) is 51.5 Å². The molecule has 2 rings (SSSR count). The maximum atomic E-state index is 11.2. The van der Waals surface area contributed by atoms with E-state index in [4.69, 9.17) is 4.74 Å². The fraction of sp³-hybridized carbons (Fsp3) is 0.357. The van der Waals surface area contributed by atoms with Gasteiger partial charge in [-0.1, -0.05) is 18.2 Å². The second-order valence-electron chi connectivity index (χ2n) is 4.16. The maximum Gasteiger partial charge on any atom is 0.305 e. The summed E-state index contributed by atoms with van der Waals surface area (Å²) in [6, 6.07) is 9.59. The highest BCUT2D eigenvalue weighted by atomic mass is 16.5. The highest BCUT2D eigenvalue weighted by molar-refractivity contribution is 5.80. The number of hydrogen-bond donors (Lipinski definition) is 1. The second-order valence-corrected chi connectivity index (χ2v) is 4.16. The monoisotopic (exact) mass is 247 g/mol. The van der Waals surface area contributed by atoms with E-state index in [-0.39, 0.29) is 5.97 Å². The quantitative estimate of drug-likeness (QED) is 0.653. The SMILES string of the molecule is CCOC(=O)CCCc1cc2ccccc2n1O. The molecule has 1 aromatic carbocycles. The van der Waals surface area contributed by atoms with Crippen molar-refractivity contribution in [1.82, 2.24) is 4.73 Å². The van der Waals surface area contributed by atoms with Crippen LogP contribution >= 0.6 is 0 Å². The lowest BCUT2D eigenvalue weighted by molar-refractivity contribution is -0.143. The van der Waals surface area contributed by atoms with Crippen LogP contribution in [0.1, 0.15) is 25.5 Å². The van der Waals surface area contributed by atoms with E-state index < -0.39 is 0 Å². The first-order valence-corrected chi connectivity index (χ1v) is 6.16. The van der Waals surface area contributed by atoms with Crippen molar-refractivity contribution < 1.29 is 14.7 Å². The summed E-state index contributed by atoms with van der Waals surface area (Å²) >= 11 is 0. The lowest BCUT2D eigenvalue weighted by atomic mass is 10.2. The van der Waals surface area contributed by atoms with E-state index in [9.17, 15) is 10.0 Å². The third kappa shape index (κ3) is 2.64. The van der Waals surface area contributed by atoms with Gasteiger partial charge in [-0.3, -0.25) is 4.79 Å². The molecule has 1 aromatic heterocycles. The second kappa shape index (κ2) is 5.58. The van der Waals surface area contributed by atoms with Gasteiger partial charge in [-0.2, -0.15) is 4.73 Å². The molecule has 0 atom stereocenters. The number of esters is 1. The van der Waals surface area contributed by atoms with Gasteiger partial charge in [-0.15, -0.1) is 0 Å². The number of nitrogens with zero attached hydrogens (tertiary/aromatic N) is 1. The first kappa shape index (κ1) is 12.5. The van der Waals surface area contributed by atoms with E-state index in [1.54, 1.807) is 6.92 Å². The number of carbonyl (C=O) groups excluding carboxylic acids is 1. The fourth-order valence-corrected chi connectivity index (χ4v) is 2.02. The molecule has 0 aliphatic heterocycles. The first-order valence-electron chi connectivity index (χ1n) is 6.16. The third-order valence-corrected chi connectivity index (χ3v) is 2.88. The Kier molecular flexibility index (Phi) is 3.87. The molecule has 0 aliphatic carbocycles. The Bertz CT molecular complexity index is 545. The number of benzene rings is 1. The Hall–Kier alpha value is -1.97. The van der Waals surface area contributed by atoms with Gasteiger partial charge in [0, 0.05) is 11.8 Å². The van der Waals surface area contributed by atoms with Crippen LogP contribution in [-0.4, -0.2) is 22.5 Å². The van der Waals surface area contributed by atoms with Gasteiger partial charge >= 0.3 is 5.97 Å². The number of carbonyl (C=O) groups is 1. The molecule has 1 heterocycles. The molecule has 0 amide bonds. The van der Waals surface area contributed by atoms with Gasteiger partial charge in [0.15, 0.2) is 0 Å². The predicted molar refractivity (Wildman–Crippen MR) is 68.7 cm³/mol. The zero-order chi connectivity index (χ0) is 13.0. The predicted octanol–water partition coefficient (Wildman–Crippen LogP) is 2.76. The normalized spacial score (nSPS) is 10.7. The minimum Gasteiger partial charge on any atom is -0.466 e. The number of ether oxygens (including phenoxy) is 1. The smallest absolute Gasteiger partial charge is 0.305 e. The molecule has 18 heavy (non-hydrogen) atoms. The summed E-state index contributed by atoms with van der Waals surface area (Å²) in [5.41, 5.74) is 1.61. The van der Waals surface area contributed by atoms with Crippen molar-refractivity contribution in [3.05, 3.63) is 36.0 Å². The zero-order valence-electron chi connectivity index (χ0n) is 10.4. The summed E-state index contributed by atoms with van der Waals surface area (Å²) in [6.07, 6.45) is 1.72. The van der Waals surface area contributed by atoms with Gasteiger partial charge in [0.05, 0.1) is 17.8 Å². The number of aromatic nitrogens is 1. The van der Waals surface area contributed by atoms with Crippen molar-refractivity contribution in [2.75, 3.05) is 6.61 Å². The van der Waals surface area contributed by atoms with Gasteiger partial charge in [-0.05, 0) is 31.9 Å². The third-order valence-electron chi connectivity index (χ3n) is 2.88. The van der Waals surface area contributed by atoms with Crippen molar-refractivity contribution in [3.8, 4) is 0 Å². The molecule has 0 radical (unpaired) electrons. The molecule has 0 saturated carbocycles. The van der Waals surface area contributed by atoms with Crippen LogP contribution in [-0.2, 0) is 16.0 Å². The fourth-order valence-electron chi connectivity index (χ4n) is 2.02. The van der Waals surface area contributed by atoms with Crippen LogP contribution in [0.3, 0.4) is 0 Å². The van der Waals surface area contributed by atoms with Crippen molar-refractivity contribution in [2.45, 2.75) is 26.2 Å². The van der Waals surface area contributed by atoms with Crippen LogP contribution in [0.4, 0.5) is 0 Å². The van der Waals surface area contributed by atoms with Crippen LogP contribution in [0.25, 0.3) is 10.9 Å². The van der Waals surface area contributed by atoms with Crippen molar-refractivity contribution in [3.63, 3.8) is 0 Å². The van der Waals surface area contributed by atoms with Crippen LogP contribution in [0, 0.1) is 0 Å². The van der Waals surface area contributed by atoms with Gasteiger partial charge in [0.2, 0.25) is 0 Å². The molecule has 0 fully saturated rings. The Balaban J connectivity index is 1.99. The molecule has 0 spiro atoms. The van der Waals surface area contributed by atoms with Gasteiger partial charge < -0.3 is 9.94 Å². The molecule has 96 valence electrons. The van der Waals surface area contributed by atoms with E-state index in [1.165, 1.54) is 4.73 Å². The summed E-state index contributed by atoms with van der Waals surface area (Å²) in [4.78, 5) is 11.2. The maximum absolute atomic E-state index is 11.2. The number of hydrogen-bond acceptors (Lipinski definition) is 3. The van der Waals surface area contributed by atoms with Crippen LogP contribution in [0.15, 0.2) is 30.3 Å². The highest BCUT2D eigenvalue weighted by Crippen LogP contribution is 2.19. The highest BCUT2D eigenvalue weighted by Gasteiger charge is 2.08. The molecule has 2 aromatic rings. The summed E-state index contributed by atoms with van der Waals surface area (Å²) in [7, 11) is 0. The van der Waals surface area contributed by atoms with E-state index in [0.29, 0.717) is 25.9 Å². The standard InChI is InChI=1S/C14H17NO3/c1-2-18-14(16)9-5-7-12-10-11-6-3-4-8-13(11)15(12)17/h3-4,6,8,10,17H,2,5,7,9H2,1H3. The van der Waals surface area contributed by atoms with Crippen LogP contribution < -0.4 is 0 Å². The largest absolute Gasteiger partial charge is 0.466 e. The lowest BCUT2D eigenvalue weighted by Crippen LogP contribution is -2.05. The van der Waals surface area contributed by atoms with E-state index in [1.807, 2.05) is 30.3 Å². The average molecular weight is 247 g/mol. The van der Waals surface area contributed by atoms with E-state index >= 15 is 0 Å². The number of fused-ring (bicyclic) bond motifs is 1. The zero-order valence-corrected chi connectivity index (χ0v) is 10.4. The van der Waals surface area contributed by atoms with Crippen molar-refractivity contribution in [1.29, 1.82) is 0 Å². The first-order chi connectivity index (χ1) is 8.72. The number of para-hydroxylation sites is 1. The molecule has 0 saturated heterocycles. The Morgan fingerprint density at radius 3 is 2.89 bits per heavy atom. The van der Waals surface area contributed by atoms with Gasteiger partial charge in [0.25, 0.3) is 0 Å². The molecular weight excluding hydrogens is 230 g/mol. The van der Waals surface area contributed by atoms with E-state index in [2.05, 4.69) is 0 Å². The minimum absolute atomic E-state index is 0.182. The van der Waals surface area contributed by atoms with Crippen LogP contribution in [0.5, 0.6) is 0 Å². The van der Waals surface area contributed by atoms with Crippen molar-refractivity contribution in [2.24, 2.45) is 0 Å². The summed E-state index contributed by atoms with van der Waals surface area (Å²) < 4.78 is 6.06. The minimum atomic E-state index is -0.182. The van der Waals surface area contributed by atoms with Gasteiger partial charge in [0.1, 0.15) is 0 Å². The summed E-state index contributed by atoms with van der Waals surface area (Å²) in [5, 5.41) is 11.0. The summed E-state index contributed by atoms with van der Waals surface area (Å²) in [5.74, 6) is -0.182. The van der Waals surface area contributed by atoms with Gasteiger partial charge in [-0.25, -0.2) is 0 Å². The average Bonchev–Trinajstić information content (AvgIpc) is 2.68. The Morgan fingerprint density at radius 2 is 2.17 bits per heavy atom. The number of rotatable bonds is 5. The molecule has 0 aliphatic rings. The summed E-state index contributed by atoms with van der Waals surface area (Å²) in [6.45, 7) is 2.21. The number of aryl methyl sites for hydroxylation is 1. The van der Waals surface area contributed by atoms with E-state index in [0.717, 1.165) is 16.6 Å². The lowest BCUT2D eigenvalue weighted by Gasteiger charge is -2.03. The Morgan fingerprint density at radius 1 is 1.39 bits per heavy atom. The molecule has 4 heteroatoms. The molecule has 0 bridgehead atoms. The molecule has 0 unspecified atom stereocenters. The Labute approximate surface area is 106 Å². The van der Waals surface area contributed by atoms with Crippen molar-refractivity contribution >= 4 is 16.9 Å².